The Bertz CT molecular complexity index is 684. The molecule has 1 aromatic heterocycles. The minimum Gasteiger partial charge on any atom is -0.480 e. The summed E-state index contributed by atoms with van der Waals surface area (Å²) >= 11 is 0. The number of nitrogens with zero attached hydrogens (tertiary/aromatic N) is 4. The molecule has 1 atom stereocenters. The molecular formula is C18H22N4O2. The van der Waals surface area contributed by atoms with Crippen LogP contribution in [0.4, 0.5) is 5.82 Å². The topological polar surface area (TPSA) is 58.6 Å². The SMILES string of the molecule is COc1cncc(N2CCN(C(=O)[C@@H](C)c3ccccc3)CC2)n1. The summed E-state index contributed by atoms with van der Waals surface area (Å²) in [7, 11) is 1.58. The molecule has 6 heteroatoms. The zero-order valence-electron chi connectivity index (χ0n) is 14.1. The van der Waals surface area contributed by atoms with Crippen molar-refractivity contribution in [1.29, 1.82) is 0 Å². The quantitative estimate of drug-likeness (QED) is 0.859. The molecule has 2 aromatic rings. The fourth-order valence-corrected chi connectivity index (χ4v) is 2.90. The lowest BCUT2D eigenvalue weighted by atomic mass is 9.99. The monoisotopic (exact) mass is 326 g/mol. The summed E-state index contributed by atoms with van der Waals surface area (Å²) in [5, 5.41) is 0. The van der Waals surface area contributed by atoms with E-state index in [1.165, 1.54) is 0 Å². The van der Waals surface area contributed by atoms with Gasteiger partial charge in [0.1, 0.15) is 0 Å². The van der Waals surface area contributed by atoms with Crippen LogP contribution in [-0.4, -0.2) is 54.1 Å². The molecule has 0 unspecified atom stereocenters. The van der Waals surface area contributed by atoms with Gasteiger partial charge in [-0.2, -0.15) is 4.98 Å². The number of methoxy groups -OCH3 is 1. The van der Waals surface area contributed by atoms with Crippen molar-refractivity contribution < 1.29 is 9.53 Å². The van der Waals surface area contributed by atoms with Crippen LogP contribution in [0.5, 0.6) is 5.88 Å². The summed E-state index contributed by atoms with van der Waals surface area (Å²) in [6.07, 6.45) is 3.32. The van der Waals surface area contributed by atoms with Crippen LogP contribution in [-0.2, 0) is 4.79 Å². The molecule has 2 heterocycles. The highest BCUT2D eigenvalue weighted by Crippen LogP contribution is 2.20. The predicted octanol–water partition coefficient (Wildman–Crippen LogP) is 1.94. The third kappa shape index (κ3) is 3.48. The summed E-state index contributed by atoms with van der Waals surface area (Å²) in [4.78, 5) is 25.3. The van der Waals surface area contributed by atoms with Gasteiger partial charge in [0.25, 0.3) is 0 Å². The normalized spacial score (nSPS) is 15.9. The zero-order chi connectivity index (χ0) is 16.9. The number of ether oxygens (including phenoxy) is 1. The van der Waals surface area contributed by atoms with E-state index in [9.17, 15) is 4.79 Å². The first-order chi connectivity index (χ1) is 11.7. The predicted molar refractivity (Wildman–Crippen MR) is 92.2 cm³/mol. The first kappa shape index (κ1) is 16.2. The van der Waals surface area contributed by atoms with Crippen LogP contribution in [0, 0.1) is 0 Å². The number of amides is 1. The van der Waals surface area contributed by atoms with E-state index in [0.717, 1.165) is 24.5 Å². The Labute approximate surface area is 142 Å². The van der Waals surface area contributed by atoms with E-state index in [4.69, 9.17) is 4.74 Å². The maximum absolute atomic E-state index is 12.7. The number of hydrogen-bond donors (Lipinski definition) is 0. The van der Waals surface area contributed by atoms with Crippen molar-refractivity contribution in [3.05, 3.63) is 48.3 Å². The van der Waals surface area contributed by atoms with Crippen LogP contribution >= 0.6 is 0 Å². The second-order valence-corrected chi connectivity index (χ2v) is 5.86. The molecule has 24 heavy (non-hydrogen) atoms. The summed E-state index contributed by atoms with van der Waals surface area (Å²) in [6, 6.07) is 9.92. The maximum Gasteiger partial charge on any atom is 0.233 e. The number of aromatic nitrogens is 2. The van der Waals surface area contributed by atoms with Gasteiger partial charge in [-0.25, -0.2) is 0 Å². The Kier molecular flexibility index (Phi) is 4.93. The van der Waals surface area contributed by atoms with Crippen LogP contribution < -0.4 is 9.64 Å². The van der Waals surface area contributed by atoms with Gasteiger partial charge in [0.15, 0.2) is 5.82 Å². The van der Waals surface area contributed by atoms with Crippen molar-refractivity contribution in [3.8, 4) is 5.88 Å². The van der Waals surface area contributed by atoms with Crippen molar-refractivity contribution in [2.45, 2.75) is 12.8 Å². The van der Waals surface area contributed by atoms with Crippen molar-refractivity contribution in [2.75, 3.05) is 38.2 Å². The van der Waals surface area contributed by atoms with E-state index >= 15 is 0 Å². The van der Waals surface area contributed by atoms with Gasteiger partial charge in [0.2, 0.25) is 11.8 Å². The summed E-state index contributed by atoms with van der Waals surface area (Å²) in [6.45, 7) is 4.84. The number of piperazine rings is 1. The molecule has 6 nitrogen and oxygen atoms in total. The highest BCUT2D eigenvalue weighted by Gasteiger charge is 2.26. The van der Waals surface area contributed by atoms with Gasteiger partial charge >= 0.3 is 0 Å². The third-order valence-electron chi connectivity index (χ3n) is 4.39. The van der Waals surface area contributed by atoms with E-state index in [-0.39, 0.29) is 11.8 Å². The Morgan fingerprint density at radius 2 is 1.83 bits per heavy atom. The van der Waals surface area contributed by atoms with Crippen molar-refractivity contribution >= 4 is 11.7 Å². The molecule has 0 radical (unpaired) electrons. The van der Waals surface area contributed by atoms with E-state index in [1.54, 1.807) is 19.5 Å². The number of hydrogen-bond acceptors (Lipinski definition) is 5. The van der Waals surface area contributed by atoms with Gasteiger partial charge in [-0.1, -0.05) is 30.3 Å². The van der Waals surface area contributed by atoms with E-state index in [1.807, 2.05) is 42.2 Å². The minimum atomic E-state index is -0.116. The zero-order valence-corrected chi connectivity index (χ0v) is 14.1. The lowest BCUT2D eigenvalue weighted by Gasteiger charge is -2.36. The molecule has 0 spiro atoms. The minimum absolute atomic E-state index is 0.116. The third-order valence-corrected chi connectivity index (χ3v) is 4.39. The van der Waals surface area contributed by atoms with Crippen LogP contribution in [0.2, 0.25) is 0 Å². The van der Waals surface area contributed by atoms with Crippen molar-refractivity contribution in [3.63, 3.8) is 0 Å². The van der Waals surface area contributed by atoms with Crippen LogP contribution in [0.25, 0.3) is 0 Å². The Hall–Kier alpha value is -2.63. The van der Waals surface area contributed by atoms with Crippen LogP contribution in [0.15, 0.2) is 42.7 Å². The molecule has 1 aliphatic heterocycles. The van der Waals surface area contributed by atoms with Crippen molar-refractivity contribution in [1.82, 2.24) is 14.9 Å². The van der Waals surface area contributed by atoms with Gasteiger partial charge < -0.3 is 14.5 Å². The molecule has 3 rings (SSSR count). The standard InChI is InChI=1S/C18H22N4O2/c1-14(15-6-4-3-5-7-15)18(23)22-10-8-21(9-11-22)16-12-19-13-17(20-16)24-2/h3-7,12-14H,8-11H2,1-2H3/t14-/m0/s1. The summed E-state index contributed by atoms with van der Waals surface area (Å²) < 4.78 is 5.12. The number of carbonyl (C=O) groups is 1. The number of benzene rings is 1. The smallest absolute Gasteiger partial charge is 0.233 e. The van der Waals surface area contributed by atoms with Gasteiger partial charge in [-0.05, 0) is 12.5 Å². The van der Waals surface area contributed by atoms with Gasteiger partial charge in [-0.3, -0.25) is 9.78 Å². The van der Waals surface area contributed by atoms with E-state index < -0.39 is 0 Å². The summed E-state index contributed by atoms with van der Waals surface area (Å²) in [5.74, 6) is 1.35. The molecule has 0 saturated carbocycles. The Balaban J connectivity index is 1.61. The fourth-order valence-electron chi connectivity index (χ4n) is 2.90. The van der Waals surface area contributed by atoms with Crippen LogP contribution in [0.1, 0.15) is 18.4 Å². The van der Waals surface area contributed by atoms with E-state index in [2.05, 4.69) is 14.9 Å². The molecule has 1 aliphatic rings. The molecular weight excluding hydrogens is 304 g/mol. The molecule has 1 aromatic carbocycles. The molecule has 126 valence electrons. The molecule has 0 N–H and O–H groups in total. The van der Waals surface area contributed by atoms with Gasteiger partial charge in [-0.15, -0.1) is 0 Å². The number of carbonyl (C=O) groups excluding carboxylic acids is 1. The average Bonchev–Trinajstić information content (AvgIpc) is 2.67. The highest BCUT2D eigenvalue weighted by atomic mass is 16.5. The second-order valence-electron chi connectivity index (χ2n) is 5.86. The first-order valence-electron chi connectivity index (χ1n) is 8.13. The van der Waals surface area contributed by atoms with Gasteiger partial charge in [0, 0.05) is 26.2 Å². The molecule has 1 amide bonds. The molecule has 1 saturated heterocycles. The highest BCUT2D eigenvalue weighted by molar-refractivity contribution is 5.83. The van der Waals surface area contributed by atoms with Crippen molar-refractivity contribution in [2.24, 2.45) is 0 Å². The first-order valence-corrected chi connectivity index (χ1v) is 8.13. The summed E-state index contributed by atoms with van der Waals surface area (Å²) in [5.41, 5.74) is 1.06. The molecule has 0 aliphatic carbocycles. The molecule has 0 bridgehead atoms. The Morgan fingerprint density at radius 3 is 2.50 bits per heavy atom. The largest absolute Gasteiger partial charge is 0.480 e. The average molecular weight is 326 g/mol. The lowest BCUT2D eigenvalue weighted by molar-refractivity contribution is -0.132. The lowest BCUT2D eigenvalue weighted by Crippen LogP contribution is -2.50. The van der Waals surface area contributed by atoms with Crippen LogP contribution in [0.3, 0.4) is 0 Å². The fraction of sp³-hybridized carbons (Fsp3) is 0.389. The Morgan fingerprint density at radius 1 is 1.12 bits per heavy atom. The number of anilines is 1. The van der Waals surface area contributed by atoms with Gasteiger partial charge in [0.05, 0.1) is 25.4 Å². The number of rotatable bonds is 4. The molecule has 1 fully saturated rings. The maximum atomic E-state index is 12.7. The second kappa shape index (κ2) is 7.29. The van der Waals surface area contributed by atoms with E-state index in [0.29, 0.717) is 19.0 Å².